The van der Waals surface area contributed by atoms with Gasteiger partial charge in [-0.15, -0.1) is 13.2 Å². The van der Waals surface area contributed by atoms with Crippen LogP contribution in [0.3, 0.4) is 0 Å². The van der Waals surface area contributed by atoms with E-state index < -0.39 is 0 Å². The van der Waals surface area contributed by atoms with E-state index in [1.807, 2.05) is 29.2 Å². The highest BCUT2D eigenvalue weighted by Crippen LogP contribution is 2.14. The van der Waals surface area contributed by atoms with E-state index in [0.717, 1.165) is 5.82 Å². The maximum atomic E-state index is 11.6. The zero-order valence-electron chi connectivity index (χ0n) is 11.7. The van der Waals surface area contributed by atoms with Crippen LogP contribution in [0.1, 0.15) is 12.8 Å². The number of hydrogen-bond donors (Lipinski definition) is 2. The molecule has 1 amide bonds. The van der Waals surface area contributed by atoms with Crippen LogP contribution in [-0.4, -0.2) is 30.5 Å². The van der Waals surface area contributed by atoms with E-state index in [1.165, 1.54) is 0 Å². The van der Waals surface area contributed by atoms with Gasteiger partial charge < -0.3 is 16.0 Å². The number of pyridine rings is 1. The van der Waals surface area contributed by atoms with Crippen molar-refractivity contribution in [3.63, 3.8) is 0 Å². The smallest absolute Gasteiger partial charge is 0.224 e. The van der Waals surface area contributed by atoms with E-state index in [-0.39, 0.29) is 5.91 Å². The number of rotatable bonds is 9. The molecule has 0 aromatic carbocycles. The molecule has 0 unspecified atom stereocenters. The van der Waals surface area contributed by atoms with Crippen molar-refractivity contribution in [3.05, 3.63) is 43.6 Å². The SMILES string of the molecule is C=CCN(CC=C)c1ccc(NC(=O)CCCN)cn1. The van der Waals surface area contributed by atoms with Gasteiger partial charge in [-0.25, -0.2) is 4.98 Å². The number of nitrogens with zero attached hydrogens (tertiary/aromatic N) is 2. The molecule has 0 saturated carbocycles. The summed E-state index contributed by atoms with van der Waals surface area (Å²) in [6, 6.07) is 3.70. The maximum absolute atomic E-state index is 11.6. The predicted molar refractivity (Wildman–Crippen MR) is 83.8 cm³/mol. The number of carbonyl (C=O) groups excluding carboxylic acids is 1. The van der Waals surface area contributed by atoms with Crippen molar-refractivity contribution in [3.8, 4) is 0 Å². The zero-order chi connectivity index (χ0) is 14.8. The van der Waals surface area contributed by atoms with Crippen LogP contribution in [0.4, 0.5) is 11.5 Å². The Kier molecular flexibility index (Phi) is 7.06. The van der Waals surface area contributed by atoms with Gasteiger partial charge in [0, 0.05) is 19.5 Å². The van der Waals surface area contributed by atoms with Gasteiger partial charge in [0.2, 0.25) is 5.91 Å². The Morgan fingerprint density at radius 1 is 1.35 bits per heavy atom. The molecular formula is C15H22N4O. The van der Waals surface area contributed by atoms with Gasteiger partial charge in [-0.05, 0) is 25.1 Å². The quantitative estimate of drug-likeness (QED) is 0.675. The number of nitrogens with one attached hydrogen (secondary N) is 1. The van der Waals surface area contributed by atoms with E-state index >= 15 is 0 Å². The minimum atomic E-state index is -0.0426. The first-order valence-corrected chi connectivity index (χ1v) is 6.64. The number of nitrogens with two attached hydrogens (primary N) is 1. The summed E-state index contributed by atoms with van der Waals surface area (Å²) in [6.07, 6.45) is 6.39. The average Bonchev–Trinajstić information content (AvgIpc) is 2.46. The van der Waals surface area contributed by atoms with E-state index in [1.54, 1.807) is 6.20 Å². The van der Waals surface area contributed by atoms with Gasteiger partial charge in [-0.1, -0.05) is 12.2 Å². The van der Waals surface area contributed by atoms with Gasteiger partial charge in [0.25, 0.3) is 0 Å². The Labute approximate surface area is 120 Å². The van der Waals surface area contributed by atoms with Crippen LogP contribution >= 0.6 is 0 Å². The second-order valence-electron chi connectivity index (χ2n) is 4.33. The number of carbonyl (C=O) groups is 1. The Balaban J connectivity index is 2.64. The topological polar surface area (TPSA) is 71.2 Å². The predicted octanol–water partition coefficient (Wildman–Crippen LogP) is 1.94. The van der Waals surface area contributed by atoms with Crippen molar-refractivity contribution >= 4 is 17.4 Å². The summed E-state index contributed by atoms with van der Waals surface area (Å²) < 4.78 is 0. The molecule has 20 heavy (non-hydrogen) atoms. The molecule has 5 heteroatoms. The van der Waals surface area contributed by atoms with Crippen LogP contribution in [0.2, 0.25) is 0 Å². The minimum absolute atomic E-state index is 0.0426. The number of aromatic nitrogens is 1. The molecule has 108 valence electrons. The van der Waals surface area contributed by atoms with Crippen molar-refractivity contribution < 1.29 is 4.79 Å². The molecular weight excluding hydrogens is 252 g/mol. The molecule has 0 fully saturated rings. The molecule has 1 heterocycles. The lowest BCUT2D eigenvalue weighted by atomic mass is 10.3. The van der Waals surface area contributed by atoms with Gasteiger partial charge in [0.1, 0.15) is 5.82 Å². The summed E-state index contributed by atoms with van der Waals surface area (Å²) >= 11 is 0. The third-order valence-corrected chi connectivity index (χ3v) is 2.66. The van der Waals surface area contributed by atoms with Gasteiger partial charge in [0.15, 0.2) is 0 Å². The second-order valence-corrected chi connectivity index (χ2v) is 4.33. The van der Waals surface area contributed by atoms with Gasteiger partial charge in [-0.2, -0.15) is 0 Å². The third-order valence-electron chi connectivity index (χ3n) is 2.66. The highest BCUT2D eigenvalue weighted by molar-refractivity contribution is 5.90. The van der Waals surface area contributed by atoms with Gasteiger partial charge >= 0.3 is 0 Å². The lowest BCUT2D eigenvalue weighted by Gasteiger charge is -2.20. The van der Waals surface area contributed by atoms with E-state index in [9.17, 15) is 4.79 Å². The van der Waals surface area contributed by atoms with Crippen molar-refractivity contribution in [2.45, 2.75) is 12.8 Å². The van der Waals surface area contributed by atoms with Gasteiger partial charge in [0.05, 0.1) is 11.9 Å². The summed E-state index contributed by atoms with van der Waals surface area (Å²) in [4.78, 5) is 17.9. The molecule has 1 aromatic heterocycles. The highest BCUT2D eigenvalue weighted by atomic mass is 16.1. The molecule has 3 N–H and O–H groups in total. The van der Waals surface area contributed by atoms with Crippen LogP contribution < -0.4 is 16.0 Å². The fourth-order valence-corrected chi connectivity index (χ4v) is 1.71. The summed E-state index contributed by atoms with van der Waals surface area (Å²) in [5.41, 5.74) is 6.05. The molecule has 0 aliphatic carbocycles. The van der Waals surface area contributed by atoms with Gasteiger partial charge in [-0.3, -0.25) is 4.79 Å². The molecule has 0 aliphatic heterocycles. The van der Waals surface area contributed by atoms with Crippen LogP contribution in [0.25, 0.3) is 0 Å². The molecule has 0 radical (unpaired) electrons. The number of hydrogen-bond acceptors (Lipinski definition) is 4. The highest BCUT2D eigenvalue weighted by Gasteiger charge is 2.06. The molecule has 1 aromatic rings. The fourth-order valence-electron chi connectivity index (χ4n) is 1.71. The molecule has 0 spiro atoms. The van der Waals surface area contributed by atoms with Crippen LogP contribution in [0, 0.1) is 0 Å². The summed E-state index contributed by atoms with van der Waals surface area (Å²) in [5, 5.41) is 2.79. The summed E-state index contributed by atoms with van der Waals surface area (Å²) in [6.45, 7) is 9.35. The van der Waals surface area contributed by atoms with Crippen molar-refractivity contribution in [1.29, 1.82) is 0 Å². The summed E-state index contributed by atoms with van der Waals surface area (Å²) in [5.74, 6) is 0.781. The monoisotopic (exact) mass is 274 g/mol. The zero-order valence-corrected chi connectivity index (χ0v) is 11.7. The first-order chi connectivity index (χ1) is 9.71. The van der Waals surface area contributed by atoms with E-state index in [4.69, 9.17) is 5.73 Å². The van der Waals surface area contributed by atoms with Crippen LogP contribution in [-0.2, 0) is 4.79 Å². The number of anilines is 2. The van der Waals surface area contributed by atoms with Crippen LogP contribution in [0.15, 0.2) is 43.6 Å². The normalized spacial score (nSPS) is 9.85. The van der Waals surface area contributed by atoms with E-state index in [0.29, 0.717) is 38.2 Å². The lowest BCUT2D eigenvalue weighted by molar-refractivity contribution is -0.116. The molecule has 1 rings (SSSR count). The minimum Gasteiger partial charge on any atom is -0.349 e. The summed E-state index contributed by atoms with van der Waals surface area (Å²) in [7, 11) is 0. The van der Waals surface area contributed by atoms with Crippen molar-refractivity contribution in [1.82, 2.24) is 4.98 Å². The van der Waals surface area contributed by atoms with Crippen molar-refractivity contribution in [2.75, 3.05) is 29.9 Å². The molecule has 0 bridgehead atoms. The molecule has 0 saturated heterocycles. The van der Waals surface area contributed by atoms with E-state index in [2.05, 4.69) is 23.5 Å². The first-order valence-electron chi connectivity index (χ1n) is 6.64. The Morgan fingerprint density at radius 3 is 2.55 bits per heavy atom. The second kappa shape index (κ2) is 8.87. The maximum Gasteiger partial charge on any atom is 0.224 e. The molecule has 5 nitrogen and oxygen atoms in total. The molecule has 0 aliphatic rings. The van der Waals surface area contributed by atoms with Crippen LogP contribution in [0.5, 0.6) is 0 Å². The Hall–Kier alpha value is -2.14. The fraction of sp³-hybridized carbons (Fsp3) is 0.333. The first kappa shape index (κ1) is 15.9. The third kappa shape index (κ3) is 5.24. The Bertz CT molecular complexity index is 432. The largest absolute Gasteiger partial charge is 0.349 e. The average molecular weight is 274 g/mol. The standard InChI is InChI=1S/C15H22N4O/c1-3-10-19(11-4-2)14-8-7-13(12-17-14)18-15(20)6-5-9-16/h3-4,7-8,12H,1-2,5-6,9-11,16H2,(H,18,20). The molecule has 0 atom stereocenters. The Morgan fingerprint density at radius 2 is 2.05 bits per heavy atom. The number of amides is 1. The lowest BCUT2D eigenvalue weighted by Crippen LogP contribution is -2.24. The van der Waals surface area contributed by atoms with Crippen molar-refractivity contribution in [2.24, 2.45) is 5.73 Å².